The highest BCUT2D eigenvalue weighted by atomic mass is 15.1. The molecule has 1 aliphatic carbocycles. The van der Waals surface area contributed by atoms with Crippen LogP contribution < -0.4 is 21.3 Å². The summed E-state index contributed by atoms with van der Waals surface area (Å²) in [6, 6.07) is 24.6. The van der Waals surface area contributed by atoms with Crippen molar-refractivity contribution in [2.24, 2.45) is 5.11 Å². The molecule has 0 bridgehead atoms. The van der Waals surface area contributed by atoms with Crippen molar-refractivity contribution < 1.29 is 0 Å². The van der Waals surface area contributed by atoms with E-state index in [1.54, 1.807) is 6.07 Å². The number of nitriles is 2. The highest BCUT2D eigenvalue weighted by Crippen LogP contribution is 2.37. The molecule has 9 heteroatoms. The molecular weight excluding hydrogens is 534 g/mol. The fourth-order valence-corrected chi connectivity index (χ4v) is 5.73. The zero-order valence-corrected chi connectivity index (χ0v) is 24.0. The summed E-state index contributed by atoms with van der Waals surface area (Å²) in [6.45, 7) is 3.62. The fourth-order valence-electron chi connectivity index (χ4n) is 5.73. The van der Waals surface area contributed by atoms with Gasteiger partial charge in [-0.1, -0.05) is 55.5 Å². The maximum absolute atomic E-state index is 10.2. The predicted octanol–water partition coefficient (Wildman–Crippen LogP) is 6.92. The topological polar surface area (TPSA) is 145 Å². The molecule has 1 aromatic heterocycles. The Bertz CT molecular complexity index is 1780. The summed E-state index contributed by atoms with van der Waals surface area (Å²) in [5, 5.41) is 38.9. The molecular formula is C34H33N9. The van der Waals surface area contributed by atoms with Crippen LogP contribution in [-0.2, 0) is 13.1 Å². The monoisotopic (exact) mass is 567 g/mol. The van der Waals surface area contributed by atoms with Crippen molar-refractivity contribution in [1.29, 1.82) is 16.1 Å². The molecule has 5 N–H and O–H groups in total. The molecule has 214 valence electrons. The number of benzene rings is 3. The smallest absolute Gasteiger partial charge is 0.105 e. The number of anilines is 2. The van der Waals surface area contributed by atoms with Crippen LogP contribution in [-0.4, -0.2) is 11.0 Å². The van der Waals surface area contributed by atoms with Gasteiger partial charge < -0.3 is 21.3 Å². The second kappa shape index (κ2) is 12.3. The van der Waals surface area contributed by atoms with Crippen molar-refractivity contribution in [2.75, 3.05) is 10.6 Å². The van der Waals surface area contributed by atoms with Crippen molar-refractivity contribution >= 4 is 22.3 Å². The molecule has 4 aromatic rings. The van der Waals surface area contributed by atoms with E-state index in [-0.39, 0.29) is 6.04 Å². The number of nitrogens with zero attached hydrogens (tertiary/aromatic N) is 4. The molecule has 0 unspecified atom stereocenters. The van der Waals surface area contributed by atoms with Crippen LogP contribution >= 0.6 is 0 Å². The third-order valence-electron chi connectivity index (χ3n) is 8.16. The number of aromatic nitrogens is 1. The van der Waals surface area contributed by atoms with Gasteiger partial charge in [0.2, 0.25) is 0 Å². The average Bonchev–Trinajstić information content (AvgIpc) is 3.76. The first-order chi connectivity index (χ1) is 21.1. The van der Waals surface area contributed by atoms with Crippen LogP contribution in [0, 0.1) is 28.2 Å². The van der Waals surface area contributed by atoms with E-state index < -0.39 is 6.04 Å². The average molecular weight is 568 g/mol. The van der Waals surface area contributed by atoms with Crippen LogP contribution in [0.3, 0.4) is 0 Å². The van der Waals surface area contributed by atoms with Crippen molar-refractivity contribution in [3.05, 3.63) is 112 Å². The first-order valence-corrected chi connectivity index (χ1v) is 14.6. The summed E-state index contributed by atoms with van der Waals surface area (Å²) in [5.41, 5.74) is 15.8. The van der Waals surface area contributed by atoms with Crippen molar-refractivity contribution in [3.63, 3.8) is 0 Å². The number of fused-ring (bicyclic) bond motifs is 2. The lowest BCUT2D eigenvalue weighted by Crippen LogP contribution is -2.18. The van der Waals surface area contributed by atoms with Gasteiger partial charge in [-0.15, -0.1) is 0 Å². The molecule has 1 saturated carbocycles. The molecule has 3 aromatic carbocycles. The third-order valence-corrected chi connectivity index (χ3v) is 8.16. The van der Waals surface area contributed by atoms with Crippen LogP contribution in [0.1, 0.15) is 71.7 Å². The lowest BCUT2D eigenvalue weighted by Gasteiger charge is -2.24. The highest BCUT2D eigenvalue weighted by molar-refractivity contribution is 5.99. The Morgan fingerprint density at radius 2 is 1.88 bits per heavy atom. The molecule has 43 heavy (non-hydrogen) atoms. The van der Waals surface area contributed by atoms with Gasteiger partial charge in [-0.3, -0.25) is 4.98 Å². The summed E-state index contributed by atoms with van der Waals surface area (Å²) in [5.74, 6) is 0. The van der Waals surface area contributed by atoms with E-state index in [0.717, 1.165) is 43.5 Å². The summed E-state index contributed by atoms with van der Waals surface area (Å²) >= 11 is 0. The molecule has 2 atom stereocenters. The number of hydrogen-bond donors (Lipinski definition) is 5. The first kappa shape index (κ1) is 27.9. The molecule has 2 aliphatic rings. The van der Waals surface area contributed by atoms with Gasteiger partial charge in [0.25, 0.3) is 0 Å². The lowest BCUT2D eigenvalue weighted by atomic mass is 9.95. The summed E-state index contributed by atoms with van der Waals surface area (Å²) in [7, 11) is 0. The van der Waals surface area contributed by atoms with Crippen LogP contribution in [0.2, 0.25) is 0 Å². The van der Waals surface area contributed by atoms with Gasteiger partial charge >= 0.3 is 0 Å². The normalized spacial score (nSPS) is 15.6. The van der Waals surface area contributed by atoms with Gasteiger partial charge in [0.15, 0.2) is 0 Å². The minimum absolute atomic E-state index is 0.0432. The van der Waals surface area contributed by atoms with Gasteiger partial charge in [0, 0.05) is 42.6 Å². The largest absolute Gasteiger partial charge is 0.387 e. The van der Waals surface area contributed by atoms with E-state index in [0.29, 0.717) is 45.1 Å². The molecule has 0 amide bonds. The Hall–Kier alpha value is -5.25. The zero-order chi connectivity index (χ0) is 29.8. The summed E-state index contributed by atoms with van der Waals surface area (Å²) in [6.07, 6.45) is 6.37. The zero-order valence-electron chi connectivity index (χ0n) is 24.0. The molecule has 6 rings (SSSR count). The quantitative estimate of drug-likeness (QED) is 0.124. The minimum atomic E-state index is -0.446. The Morgan fingerprint density at radius 1 is 1.07 bits per heavy atom. The third kappa shape index (κ3) is 5.76. The maximum atomic E-state index is 10.2. The van der Waals surface area contributed by atoms with Gasteiger partial charge in [0.1, 0.15) is 17.8 Å². The highest BCUT2D eigenvalue weighted by Gasteiger charge is 2.26. The van der Waals surface area contributed by atoms with E-state index >= 15 is 0 Å². The molecule has 2 heterocycles. The fraction of sp³-hybridized carbons (Fsp3) is 0.265. The van der Waals surface area contributed by atoms with E-state index in [2.05, 4.69) is 74.7 Å². The molecule has 1 aliphatic heterocycles. The molecule has 0 saturated heterocycles. The Kier molecular flexibility index (Phi) is 7.99. The van der Waals surface area contributed by atoms with E-state index in [9.17, 15) is 10.5 Å². The second-order valence-electron chi connectivity index (χ2n) is 11.0. The predicted molar refractivity (Wildman–Crippen MR) is 167 cm³/mol. The van der Waals surface area contributed by atoms with E-state index in [4.69, 9.17) is 5.53 Å². The van der Waals surface area contributed by atoms with Gasteiger partial charge in [-0.05, 0) is 53.6 Å². The summed E-state index contributed by atoms with van der Waals surface area (Å²) in [4.78, 5) is 4.53. The second-order valence-corrected chi connectivity index (χ2v) is 11.0. The Labute approximate surface area is 251 Å². The lowest BCUT2D eigenvalue weighted by molar-refractivity contribution is 0.750. The van der Waals surface area contributed by atoms with E-state index in [1.807, 2.05) is 36.5 Å². The van der Waals surface area contributed by atoms with Crippen LogP contribution in [0.15, 0.2) is 83.9 Å². The standard InChI is InChI=1S/C34H33N9/c1-2-30(21-7-4-3-5-8-21)42-33-24(16-36)18-40-32-23(15-35)13-26(14-28(32)33)41-34(31(43-37)20-39-25-11-12-25)27-10-6-9-22-17-38-19-29(22)27/h3-10,13-14,18,20,25,30,34,37-39,41H,2,11-12,17,19H2,1H3,(H,40,42)/b31-20-,43-37?/t30-,34+/m1/s1. The maximum Gasteiger partial charge on any atom is 0.105 e. The van der Waals surface area contributed by atoms with Gasteiger partial charge in [0.05, 0.1) is 34.4 Å². The van der Waals surface area contributed by atoms with Crippen molar-refractivity contribution in [2.45, 2.75) is 57.4 Å². The van der Waals surface area contributed by atoms with Gasteiger partial charge in [-0.2, -0.15) is 15.6 Å². The van der Waals surface area contributed by atoms with E-state index in [1.165, 1.54) is 17.3 Å². The SMILES string of the molecule is CC[C@@H](Nc1c(C#N)cnc2c(C#N)cc(N[C@H](/C(=C/NC3CC3)N=N)c3cccc4c3CNC4)cc12)c1ccccc1. The van der Waals surface area contributed by atoms with Crippen LogP contribution in [0.5, 0.6) is 0 Å². The molecule has 1 fully saturated rings. The van der Waals surface area contributed by atoms with Crippen LogP contribution in [0.25, 0.3) is 10.9 Å². The van der Waals surface area contributed by atoms with Crippen LogP contribution in [0.4, 0.5) is 11.4 Å². The van der Waals surface area contributed by atoms with Crippen molar-refractivity contribution in [3.8, 4) is 12.1 Å². The van der Waals surface area contributed by atoms with Gasteiger partial charge in [-0.25, -0.2) is 5.53 Å². The molecule has 0 spiro atoms. The van der Waals surface area contributed by atoms with Crippen molar-refractivity contribution in [1.82, 2.24) is 15.6 Å². The Balaban J connectivity index is 1.47. The molecule has 0 radical (unpaired) electrons. The Morgan fingerprint density at radius 3 is 2.60 bits per heavy atom. The minimum Gasteiger partial charge on any atom is -0.387 e. The molecule has 9 nitrogen and oxygen atoms in total. The number of nitrogens with one attached hydrogen (secondary N) is 5. The number of pyridine rings is 1. The number of rotatable bonds is 11. The number of hydrogen-bond acceptors (Lipinski definition) is 9. The summed E-state index contributed by atoms with van der Waals surface area (Å²) < 4.78 is 0. The first-order valence-electron chi connectivity index (χ1n) is 14.6.